The molecule has 1 fully saturated rings. The Morgan fingerprint density at radius 3 is 2.81 bits per heavy atom. The van der Waals surface area contributed by atoms with E-state index in [9.17, 15) is 5.11 Å². The lowest BCUT2D eigenvalue weighted by molar-refractivity contribution is 0.0806. The number of nitrogens with one attached hydrogen (secondary N) is 1. The van der Waals surface area contributed by atoms with Gasteiger partial charge in [-0.05, 0) is 69.2 Å². The monoisotopic (exact) mass is 364 g/mol. The fourth-order valence-corrected chi connectivity index (χ4v) is 4.68. The van der Waals surface area contributed by atoms with E-state index in [2.05, 4.69) is 46.3 Å². The second-order valence-corrected chi connectivity index (χ2v) is 7.84. The maximum absolute atomic E-state index is 10.7. The predicted octanol–water partition coefficient (Wildman–Crippen LogP) is 1.83. The van der Waals surface area contributed by atoms with Gasteiger partial charge in [0.2, 0.25) is 0 Å². The van der Waals surface area contributed by atoms with E-state index >= 15 is 0 Å². The second kappa shape index (κ2) is 5.76. The van der Waals surface area contributed by atoms with Crippen LogP contribution in [-0.2, 0) is 5.54 Å². The number of hydrogen-bond acceptors (Lipinski definition) is 6. The summed E-state index contributed by atoms with van der Waals surface area (Å²) in [6.45, 7) is 4.09. The normalized spacial score (nSPS) is 21.8. The van der Waals surface area contributed by atoms with Crippen LogP contribution in [0.15, 0.2) is 30.7 Å². The summed E-state index contributed by atoms with van der Waals surface area (Å²) in [5.74, 6) is 0.487. The van der Waals surface area contributed by atoms with Crippen LogP contribution in [0, 0.1) is 6.92 Å². The Bertz CT molecular complexity index is 1030. The Labute approximate surface area is 157 Å². The van der Waals surface area contributed by atoms with E-state index in [1.54, 1.807) is 0 Å². The molecule has 3 aromatic rings. The zero-order chi connectivity index (χ0) is 18.8. The zero-order valence-corrected chi connectivity index (χ0v) is 15.6. The average molecular weight is 364 g/mol. The smallest absolute Gasteiger partial charge is 0.150 e. The Balaban J connectivity index is 1.68. The number of nitrogen functional groups attached to an aromatic ring is 1. The van der Waals surface area contributed by atoms with Crippen LogP contribution in [0.2, 0.25) is 0 Å². The van der Waals surface area contributed by atoms with Gasteiger partial charge in [0, 0.05) is 23.0 Å². The van der Waals surface area contributed by atoms with Gasteiger partial charge in [-0.1, -0.05) is 0 Å². The van der Waals surface area contributed by atoms with Crippen molar-refractivity contribution in [1.29, 1.82) is 0 Å². The molecule has 0 radical (unpaired) electrons. The number of nitrogens with two attached hydrogens (primary N) is 1. The molecule has 2 aromatic heterocycles. The first-order valence-electron chi connectivity index (χ1n) is 9.36. The van der Waals surface area contributed by atoms with E-state index < -0.39 is 6.23 Å². The molecule has 5 rings (SSSR count). The number of aryl methyl sites for hydroxylation is 1. The molecule has 1 unspecified atom stereocenters. The molecule has 0 bridgehead atoms. The minimum absolute atomic E-state index is 0.168. The van der Waals surface area contributed by atoms with E-state index in [4.69, 9.17) is 5.73 Å². The number of benzene rings is 1. The molecule has 1 aromatic carbocycles. The highest BCUT2D eigenvalue weighted by Crippen LogP contribution is 2.45. The number of aromatic nitrogens is 3. The van der Waals surface area contributed by atoms with Gasteiger partial charge in [-0.3, -0.25) is 5.32 Å². The molecule has 4 heterocycles. The number of hydrogen-bond donors (Lipinski definition) is 3. The summed E-state index contributed by atoms with van der Waals surface area (Å²) in [6, 6.07) is 6.26. The first kappa shape index (κ1) is 16.7. The topological polar surface area (TPSA) is 92.2 Å². The van der Waals surface area contributed by atoms with Crippen molar-refractivity contribution < 1.29 is 5.11 Å². The summed E-state index contributed by atoms with van der Waals surface area (Å²) < 4.78 is 2.05. The fraction of sp³-hybridized carbons (Fsp3) is 0.400. The molecule has 1 saturated heterocycles. The molecule has 27 heavy (non-hydrogen) atoms. The first-order chi connectivity index (χ1) is 13.0. The van der Waals surface area contributed by atoms with Gasteiger partial charge in [0.1, 0.15) is 24.0 Å². The summed E-state index contributed by atoms with van der Waals surface area (Å²) in [5.41, 5.74) is 11.0. The molecule has 2 aliphatic rings. The molecule has 7 nitrogen and oxygen atoms in total. The van der Waals surface area contributed by atoms with Crippen molar-refractivity contribution in [2.45, 2.75) is 31.5 Å². The number of likely N-dealkylation sites (tertiary alicyclic amines) is 1. The SMILES string of the molecule is Cc1cc(-n2ccc3c(N)ncnc32)cc2c1C(O)NC21CCN(C)CC1. The van der Waals surface area contributed by atoms with Gasteiger partial charge >= 0.3 is 0 Å². The number of aliphatic hydroxyl groups excluding tert-OH is 1. The lowest BCUT2D eigenvalue weighted by Crippen LogP contribution is -2.47. The van der Waals surface area contributed by atoms with Gasteiger partial charge in [-0.25, -0.2) is 9.97 Å². The molecule has 2 aliphatic heterocycles. The Morgan fingerprint density at radius 2 is 2.04 bits per heavy atom. The highest BCUT2D eigenvalue weighted by Gasteiger charge is 2.45. The summed E-state index contributed by atoms with van der Waals surface area (Å²) in [5, 5.41) is 15.0. The highest BCUT2D eigenvalue weighted by atomic mass is 16.3. The molecular formula is C20H24N6O. The van der Waals surface area contributed by atoms with Crippen LogP contribution in [0.5, 0.6) is 0 Å². The molecule has 1 atom stereocenters. The lowest BCUT2D eigenvalue weighted by atomic mass is 9.81. The minimum Gasteiger partial charge on any atom is -0.383 e. The largest absolute Gasteiger partial charge is 0.383 e. The van der Waals surface area contributed by atoms with E-state index in [0.29, 0.717) is 5.82 Å². The number of nitrogens with zero attached hydrogens (tertiary/aromatic N) is 4. The van der Waals surface area contributed by atoms with Crippen molar-refractivity contribution in [2.75, 3.05) is 25.9 Å². The first-order valence-corrected chi connectivity index (χ1v) is 9.36. The summed E-state index contributed by atoms with van der Waals surface area (Å²) in [7, 11) is 2.15. The molecule has 140 valence electrons. The number of piperidine rings is 1. The molecule has 0 aliphatic carbocycles. The third-order valence-electron chi connectivity index (χ3n) is 6.20. The Hall–Kier alpha value is -2.48. The van der Waals surface area contributed by atoms with Crippen molar-refractivity contribution in [2.24, 2.45) is 0 Å². The van der Waals surface area contributed by atoms with Gasteiger partial charge in [0.05, 0.1) is 5.39 Å². The van der Waals surface area contributed by atoms with Crippen molar-refractivity contribution in [3.05, 3.63) is 47.4 Å². The van der Waals surface area contributed by atoms with Gasteiger partial charge in [-0.15, -0.1) is 0 Å². The van der Waals surface area contributed by atoms with Crippen molar-refractivity contribution in [3.8, 4) is 5.69 Å². The number of anilines is 1. The van der Waals surface area contributed by atoms with Gasteiger partial charge in [0.25, 0.3) is 0 Å². The van der Waals surface area contributed by atoms with Gasteiger partial charge in [0.15, 0.2) is 0 Å². The van der Waals surface area contributed by atoms with E-state index in [-0.39, 0.29) is 5.54 Å². The average Bonchev–Trinajstić information content (AvgIpc) is 3.19. The third-order valence-corrected chi connectivity index (χ3v) is 6.20. The van der Waals surface area contributed by atoms with Crippen LogP contribution >= 0.6 is 0 Å². The molecule has 7 heteroatoms. The molecule has 0 amide bonds. The van der Waals surface area contributed by atoms with Gasteiger partial charge < -0.3 is 20.3 Å². The zero-order valence-electron chi connectivity index (χ0n) is 15.6. The number of fused-ring (bicyclic) bond motifs is 3. The van der Waals surface area contributed by atoms with Gasteiger partial charge in [-0.2, -0.15) is 0 Å². The molecule has 1 spiro atoms. The maximum Gasteiger partial charge on any atom is 0.150 e. The predicted molar refractivity (Wildman–Crippen MR) is 105 cm³/mol. The molecule has 0 saturated carbocycles. The molecule has 4 N–H and O–H groups in total. The van der Waals surface area contributed by atoms with E-state index in [0.717, 1.165) is 53.8 Å². The van der Waals surface area contributed by atoms with Crippen LogP contribution < -0.4 is 11.1 Å². The van der Waals surface area contributed by atoms with Crippen LogP contribution in [0.1, 0.15) is 35.8 Å². The molecular weight excluding hydrogens is 340 g/mol. The van der Waals surface area contributed by atoms with E-state index in [1.165, 1.54) is 11.9 Å². The minimum atomic E-state index is -0.614. The Morgan fingerprint density at radius 1 is 1.26 bits per heavy atom. The van der Waals surface area contributed by atoms with Crippen molar-refractivity contribution >= 4 is 16.9 Å². The van der Waals surface area contributed by atoms with Crippen LogP contribution in [0.3, 0.4) is 0 Å². The van der Waals surface area contributed by atoms with Crippen molar-refractivity contribution in [3.63, 3.8) is 0 Å². The highest BCUT2D eigenvalue weighted by molar-refractivity contribution is 5.87. The quantitative estimate of drug-likeness (QED) is 0.610. The van der Waals surface area contributed by atoms with Crippen LogP contribution in [0.25, 0.3) is 16.7 Å². The summed E-state index contributed by atoms with van der Waals surface area (Å²) >= 11 is 0. The third kappa shape index (κ3) is 2.39. The summed E-state index contributed by atoms with van der Waals surface area (Å²) in [4.78, 5) is 10.9. The summed E-state index contributed by atoms with van der Waals surface area (Å²) in [6.07, 6.45) is 4.84. The maximum atomic E-state index is 10.7. The Kier molecular flexibility index (Phi) is 3.56. The number of rotatable bonds is 1. The van der Waals surface area contributed by atoms with Crippen molar-refractivity contribution in [1.82, 2.24) is 24.8 Å². The van der Waals surface area contributed by atoms with Crippen LogP contribution in [-0.4, -0.2) is 44.7 Å². The van der Waals surface area contributed by atoms with Crippen LogP contribution in [0.4, 0.5) is 5.82 Å². The van der Waals surface area contributed by atoms with E-state index in [1.807, 2.05) is 16.8 Å². The second-order valence-electron chi connectivity index (χ2n) is 7.84. The number of aliphatic hydroxyl groups is 1. The standard InChI is InChI=1S/C20H24N6O/c1-12-9-13(26-6-3-14-17(21)22-11-23-18(14)26)10-15-16(12)19(27)24-20(15)4-7-25(2)8-5-20/h3,6,9-11,19,24,27H,4-5,7-8H2,1-2H3,(H2,21,22,23). The fourth-order valence-electron chi connectivity index (χ4n) is 4.68. The lowest BCUT2D eigenvalue weighted by Gasteiger charge is -2.39.